The van der Waals surface area contributed by atoms with E-state index in [1.807, 2.05) is 18.2 Å². The zero-order valence-electron chi connectivity index (χ0n) is 18.0. The van der Waals surface area contributed by atoms with Crippen LogP contribution < -0.4 is 4.90 Å². The number of nitrogens with zero attached hydrogens (tertiary/aromatic N) is 3. The Bertz CT molecular complexity index is 836. The van der Waals surface area contributed by atoms with Gasteiger partial charge in [0.05, 0.1) is 0 Å². The van der Waals surface area contributed by atoms with Crippen molar-refractivity contribution in [3.63, 3.8) is 0 Å². The van der Waals surface area contributed by atoms with Crippen LogP contribution in [0.25, 0.3) is 6.08 Å². The molecule has 0 fully saturated rings. The third-order valence-electron chi connectivity index (χ3n) is 5.27. The van der Waals surface area contributed by atoms with E-state index in [1.54, 1.807) is 19.9 Å². The fourth-order valence-corrected chi connectivity index (χ4v) is 3.43. The van der Waals surface area contributed by atoms with E-state index in [-0.39, 0.29) is 18.0 Å². The fourth-order valence-electron chi connectivity index (χ4n) is 3.43. The topological polar surface area (TPSA) is 64.4 Å². The molecule has 0 spiro atoms. The lowest BCUT2D eigenvalue weighted by molar-refractivity contribution is -0.140. The second-order valence-corrected chi connectivity index (χ2v) is 7.31. The minimum Gasteiger partial charge on any atom is -0.372 e. The Morgan fingerprint density at radius 2 is 1.59 bits per heavy atom. The molecule has 0 atom stereocenters. The highest BCUT2D eigenvalue weighted by Crippen LogP contribution is 2.27. The fraction of sp³-hybridized carbons (Fsp3) is 0.458. The number of anilines is 1. The molecular formula is C24H31N3O2. The Balaban J connectivity index is 2.34. The highest BCUT2D eigenvalue weighted by molar-refractivity contribution is 6.19. The Labute approximate surface area is 174 Å². The molecule has 0 N–H and O–H groups in total. The van der Waals surface area contributed by atoms with Crippen LogP contribution in [-0.4, -0.2) is 36.3 Å². The van der Waals surface area contributed by atoms with Crippen molar-refractivity contribution in [3.05, 3.63) is 46.5 Å². The molecule has 1 aliphatic heterocycles. The van der Waals surface area contributed by atoms with Gasteiger partial charge >= 0.3 is 0 Å². The molecule has 0 aromatic heterocycles. The van der Waals surface area contributed by atoms with E-state index >= 15 is 0 Å². The van der Waals surface area contributed by atoms with Crippen molar-refractivity contribution in [1.29, 1.82) is 5.26 Å². The molecule has 0 aliphatic carbocycles. The molecule has 0 radical (unpaired) electrons. The molecule has 0 saturated carbocycles. The van der Waals surface area contributed by atoms with Crippen molar-refractivity contribution in [2.45, 2.75) is 53.4 Å². The highest BCUT2D eigenvalue weighted by atomic mass is 16.2. The number of amides is 2. The van der Waals surface area contributed by atoms with Crippen LogP contribution in [0.2, 0.25) is 0 Å². The molecule has 5 nitrogen and oxygen atoms in total. The summed E-state index contributed by atoms with van der Waals surface area (Å²) in [7, 11) is 0. The molecule has 5 heteroatoms. The van der Waals surface area contributed by atoms with E-state index in [1.165, 1.54) is 5.69 Å². The number of unbranched alkanes of at least 4 members (excludes halogenated alkanes) is 2. The minimum atomic E-state index is -0.507. The predicted octanol–water partition coefficient (Wildman–Crippen LogP) is 4.71. The lowest BCUT2D eigenvalue weighted by Gasteiger charge is -2.26. The van der Waals surface area contributed by atoms with Gasteiger partial charge in [0.15, 0.2) is 0 Å². The molecule has 1 aromatic rings. The molecule has 154 valence electrons. The van der Waals surface area contributed by atoms with Gasteiger partial charge in [-0.05, 0) is 56.0 Å². The summed E-state index contributed by atoms with van der Waals surface area (Å²) in [6, 6.07) is 10.1. The summed E-state index contributed by atoms with van der Waals surface area (Å²) in [5.41, 5.74) is 2.96. The van der Waals surface area contributed by atoms with Crippen LogP contribution in [0, 0.1) is 11.3 Å². The smallest absolute Gasteiger partial charge is 0.271 e. The number of rotatable bonds is 9. The molecule has 1 heterocycles. The molecular weight excluding hydrogens is 362 g/mol. The van der Waals surface area contributed by atoms with Gasteiger partial charge in [0.2, 0.25) is 0 Å². The van der Waals surface area contributed by atoms with Gasteiger partial charge in [0.25, 0.3) is 11.8 Å². The summed E-state index contributed by atoms with van der Waals surface area (Å²) < 4.78 is 0. The Hall–Kier alpha value is -2.87. The number of hydrogen-bond acceptors (Lipinski definition) is 4. The lowest BCUT2D eigenvalue weighted by atomic mass is 9.93. The molecule has 2 rings (SSSR count). The van der Waals surface area contributed by atoms with Gasteiger partial charge in [0, 0.05) is 30.9 Å². The second kappa shape index (κ2) is 10.6. The van der Waals surface area contributed by atoms with Gasteiger partial charge in [-0.3, -0.25) is 14.5 Å². The molecule has 1 aliphatic rings. The van der Waals surface area contributed by atoms with Gasteiger partial charge in [-0.15, -0.1) is 0 Å². The van der Waals surface area contributed by atoms with E-state index < -0.39 is 5.91 Å². The number of hydrogen-bond donors (Lipinski definition) is 0. The average Bonchev–Trinajstić information content (AvgIpc) is 2.72. The Morgan fingerprint density at radius 3 is 2.07 bits per heavy atom. The quantitative estimate of drug-likeness (QED) is 0.450. The largest absolute Gasteiger partial charge is 0.372 e. The SMILES string of the molecule is CCCCN(CCCC)c1ccc(/C=C2\C(=O)N(CC)C(=O)C(C#N)=C2C)cc1. The van der Waals surface area contributed by atoms with Gasteiger partial charge in [-0.25, -0.2) is 0 Å². The van der Waals surface area contributed by atoms with E-state index in [0.717, 1.165) is 49.2 Å². The monoisotopic (exact) mass is 393 g/mol. The van der Waals surface area contributed by atoms with Crippen LogP contribution in [0.4, 0.5) is 5.69 Å². The van der Waals surface area contributed by atoms with Crippen LogP contribution in [0.1, 0.15) is 58.9 Å². The average molecular weight is 394 g/mol. The van der Waals surface area contributed by atoms with Gasteiger partial charge in [-0.2, -0.15) is 5.26 Å². The third-order valence-corrected chi connectivity index (χ3v) is 5.27. The summed E-state index contributed by atoms with van der Waals surface area (Å²) in [6.07, 6.45) is 6.41. The Kier molecular flexibility index (Phi) is 8.21. The maximum Gasteiger partial charge on any atom is 0.271 e. The molecule has 1 aromatic carbocycles. The first kappa shape index (κ1) is 22.4. The number of nitriles is 1. The van der Waals surface area contributed by atoms with Gasteiger partial charge < -0.3 is 4.90 Å². The van der Waals surface area contributed by atoms with Crippen molar-refractivity contribution in [2.75, 3.05) is 24.5 Å². The first-order valence-corrected chi connectivity index (χ1v) is 10.5. The minimum absolute atomic E-state index is 0.0413. The van der Waals surface area contributed by atoms with Gasteiger partial charge in [-0.1, -0.05) is 38.8 Å². The summed E-state index contributed by atoms with van der Waals surface area (Å²) >= 11 is 0. The van der Waals surface area contributed by atoms with E-state index in [4.69, 9.17) is 0 Å². The molecule has 2 amide bonds. The number of carbonyl (C=O) groups is 2. The van der Waals surface area contributed by atoms with Crippen molar-refractivity contribution >= 4 is 23.6 Å². The zero-order valence-corrected chi connectivity index (χ0v) is 18.0. The summed E-state index contributed by atoms with van der Waals surface area (Å²) in [4.78, 5) is 28.6. The van der Waals surface area contributed by atoms with Crippen LogP contribution >= 0.6 is 0 Å². The highest BCUT2D eigenvalue weighted by Gasteiger charge is 2.34. The van der Waals surface area contributed by atoms with Crippen molar-refractivity contribution in [1.82, 2.24) is 4.90 Å². The van der Waals surface area contributed by atoms with Crippen LogP contribution in [-0.2, 0) is 9.59 Å². The Morgan fingerprint density at radius 1 is 1.00 bits per heavy atom. The molecule has 0 unspecified atom stereocenters. The van der Waals surface area contributed by atoms with Crippen molar-refractivity contribution < 1.29 is 9.59 Å². The van der Waals surface area contributed by atoms with E-state index in [2.05, 4.69) is 30.9 Å². The van der Waals surface area contributed by atoms with Crippen molar-refractivity contribution in [3.8, 4) is 6.07 Å². The molecule has 0 bridgehead atoms. The van der Waals surface area contributed by atoms with E-state index in [0.29, 0.717) is 11.1 Å². The predicted molar refractivity (Wildman–Crippen MR) is 117 cm³/mol. The van der Waals surface area contributed by atoms with Crippen LogP contribution in [0.5, 0.6) is 0 Å². The van der Waals surface area contributed by atoms with Crippen LogP contribution in [0.15, 0.2) is 41.0 Å². The van der Waals surface area contributed by atoms with Gasteiger partial charge in [0.1, 0.15) is 11.6 Å². The normalized spacial score (nSPS) is 15.8. The maximum atomic E-state index is 12.7. The van der Waals surface area contributed by atoms with Crippen LogP contribution in [0.3, 0.4) is 0 Å². The van der Waals surface area contributed by atoms with E-state index in [9.17, 15) is 14.9 Å². The summed E-state index contributed by atoms with van der Waals surface area (Å²) in [5.74, 6) is -0.849. The standard InChI is InChI=1S/C24H31N3O2/c1-5-8-14-26(15-9-6-2)20-12-10-19(11-13-20)16-21-18(4)22(17-25)24(29)27(7-3)23(21)28/h10-13,16H,5-9,14-15H2,1-4H3/b21-16-. The maximum absolute atomic E-state index is 12.7. The summed E-state index contributed by atoms with van der Waals surface area (Å²) in [5, 5.41) is 9.36. The van der Waals surface area contributed by atoms with Crippen molar-refractivity contribution in [2.24, 2.45) is 0 Å². The third kappa shape index (κ3) is 5.14. The lowest BCUT2D eigenvalue weighted by Crippen LogP contribution is -2.42. The number of likely N-dealkylation sites (N-methyl/N-ethyl adjacent to an activating group) is 1. The number of imide groups is 1. The zero-order chi connectivity index (χ0) is 21.4. The first-order chi connectivity index (χ1) is 14.0. The number of carbonyl (C=O) groups excluding carboxylic acids is 2. The molecule has 29 heavy (non-hydrogen) atoms. The first-order valence-electron chi connectivity index (χ1n) is 10.5. The molecule has 0 saturated heterocycles. The summed E-state index contributed by atoms with van der Waals surface area (Å²) in [6.45, 7) is 10.1. The number of benzene rings is 1. The second-order valence-electron chi connectivity index (χ2n) is 7.31.